The van der Waals surface area contributed by atoms with Gasteiger partial charge in [0.1, 0.15) is 0 Å². The van der Waals surface area contributed by atoms with E-state index in [0.29, 0.717) is 19.6 Å². The van der Waals surface area contributed by atoms with Crippen LogP contribution in [0.2, 0.25) is 0 Å². The minimum Gasteiger partial charge on any atom is -0.355 e. The molecule has 0 heterocycles. The van der Waals surface area contributed by atoms with E-state index in [-0.39, 0.29) is 12.1 Å². The lowest BCUT2D eigenvalue weighted by atomic mass is 10.00. The average molecular weight is 292 g/mol. The molecule has 6 nitrogen and oxygen atoms in total. The van der Waals surface area contributed by atoms with Crippen LogP contribution in [0.4, 0.5) is 0 Å². The molecule has 4 unspecified atom stereocenters. The molecular formula is C15H24N4O2. The summed E-state index contributed by atoms with van der Waals surface area (Å²) >= 11 is 0. The fourth-order valence-corrected chi connectivity index (χ4v) is 2.15. The largest absolute Gasteiger partial charge is 0.355 e. The maximum absolute atomic E-state index is 6.08. The third kappa shape index (κ3) is 3.88. The lowest BCUT2D eigenvalue weighted by Gasteiger charge is -2.34. The lowest BCUT2D eigenvalue weighted by Crippen LogP contribution is -2.56. The summed E-state index contributed by atoms with van der Waals surface area (Å²) < 4.78 is 11.3. The third-order valence-electron chi connectivity index (χ3n) is 3.61. The van der Waals surface area contributed by atoms with Crippen LogP contribution in [0.1, 0.15) is 6.42 Å². The van der Waals surface area contributed by atoms with E-state index in [1.54, 1.807) is 12.2 Å². The predicted octanol–water partition coefficient (Wildman–Crippen LogP) is -0.374. The lowest BCUT2D eigenvalue weighted by molar-refractivity contribution is -0.0482. The number of rotatable bonds is 6. The van der Waals surface area contributed by atoms with E-state index in [1.807, 2.05) is 36.5 Å². The molecule has 0 aromatic heterocycles. The summed E-state index contributed by atoms with van der Waals surface area (Å²) in [5, 5.41) is 0. The molecule has 6 heteroatoms. The highest BCUT2D eigenvalue weighted by Crippen LogP contribution is 2.17. The first-order chi connectivity index (χ1) is 9.96. The van der Waals surface area contributed by atoms with Gasteiger partial charge >= 0.3 is 0 Å². The summed E-state index contributed by atoms with van der Waals surface area (Å²) in [7, 11) is 0. The van der Waals surface area contributed by atoms with Crippen molar-refractivity contribution in [3.8, 4) is 0 Å². The first-order valence-electron chi connectivity index (χ1n) is 7.05. The predicted molar refractivity (Wildman–Crippen MR) is 82.9 cm³/mol. The average Bonchev–Trinajstić information content (AvgIpc) is 2.45. The quantitative estimate of drug-likeness (QED) is 0.391. The van der Waals surface area contributed by atoms with Crippen LogP contribution in [-0.2, 0) is 9.47 Å². The highest BCUT2D eigenvalue weighted by molar-refractivity contribution is 5.23. The SMILES string of the molecule is NC1C=CC=CC1(N)OCCCOC1(N)C=CC=CC1N. The van der Waals surface area contributed by atoms with Crippen LogP contribution < -0.4 is 22.9 Å². The van der Waals surface area contributed by atoms with Crippen molar-refractivity contribution < 1.29 is 9.47 Å². The van der Waals surface area contributed by atoms with Gasteiger partial charge in [-0.25, -0.2) is 0 Å². The minimum absolute atomic E-state index is 0.357. The molecule has 116 valence electrons. The van der Waals surface area contributed by atoms with Crippen molar-refractivity contribution in [3.63, 3.8) is 0 Å². The van der Waals surface area contributed by atoms with Gasteiger partial charge in [-0.15, -0.1) is 0 Å². The minimum atomic E-state index is -0.959. The van der Waals surface area contributed by atoms with Crippen LogP contribution in [0.25, 0.3) is 0 Å². The van der Waals surface area contributed by atoms with E-state index < -0.39 is 11.4 Å². The van der Waals surface area contributed by atoms with Gasteiger partial charge in [0.2, 0.25) is 0 Å². The molecule has 0 saturated heterocycles. The zero-order chi connectivity index (χ0) is 15.3. The van der Waals surface area contributed by atoms with Gasteiger partial charge in [-0.2, -0.15) is 0 Å². The Morgan fingerprint density at radius 2 is 1.19 bits per heavy atom. The zero-order valence-corrected chi connectivity index (χ0v) is 12.0. The Bertz CT molecular complexity index is 432. The van der Waals surface area contributed by atoms with Crippen LogP contribution in [0, 0.1) is 0 Å². The molecule has 8 N–H and O–H groups in total. The van der Waals surface area contributed by atoms with Gasteiger partial charge in [0.05, 0.1) is 25.3 Å². The van der Waals surface area contributed by atoms with E-state index in [9.17, 15) is 0 Å². The van der Waals surface area contributed by atoms with E-state index in [4.69, 9.17) is 32.4 Å². The van der Waals surface area contributed by atoms with Gasteiger partial charge < -0.3 is 20.9 Å². The van der Waals surface area contributed by atoms with Crippen molar-refractivity contribution >= 4 is 0 Å². The smallest absolute Gasteiger partial charge is 0.155 e. The topological polar surface area (TPSA) is 123 Å². The Hall–Kier alpha value is -1.28. The van der Waals surface area contributed by atoms with Crippen molar-refractivity contribution in [2.75, 3.05) is 13.2 Å². The first kappa shape index (κ1) is 16.1. The van der Waals surface area contributed by atoms with Crippen molar-refractivity contribution in [2.24, 2.45) is 22.9 Å². The summed E-state index contributed by atoms with van der Waals surface area (Å²) in [5.74, 6) is 0. The van der Waals surface area contributed by atoms with Crippen LogP contribution in [0.5, 0.6) is 0 Å². The molecule has 2 aliphatic carbocycles. The second kappa shape index (κ2) is 6.65. The number of allylic oxidation sites excluding steroid dienone is 4. The van der Waals surface area contributed by atoms with Crippen molar-refractivity contribution in [2.45, 2.75) is 30.0 Å². The van der Waals surface area contributed by atoms with Gasteiger partial charge in [0.25, 0.3) is 0 Å². The highest BCUT2D eigenvalue weighted by atomic mass is 16.5. The summed E-state index contributed by atoms with van der Waals surface area (Å²) in [6, 6.07) is -0.715. The first-order valence-corrected chi connectivity index (χ1v) is 7.05. The molecule has 2 aliphatic rings. The molecule has 0 amide bonds. The van der Waals surface area contributed by atoms with Crippen LogP contribution in [-0.4, -0.2) is 36.7 Å². The molecule has 0 aliphatic heterocycles. The fraction of sp³-hybridized carbons (Fsp3) is 0.467. The molecule has 0 bridgehead atoms. The number of hydrogen-bond donors (Lipinski definition) is 4. The maximum Gasteiger partial charge on any atom is 0.155 e. The summed E-state index contributed by atoms with van der Waals surface area (Å²) in [6.45, 7) is 0.848. The van der Waals surface area contributed by atoms with Gasteiger partial charge in [-0.05, 0) is 18.6 Å². The molecule has 0 saturated carbocycles. The van der Waals surface area contributed by atoms with E-state index in [0.717, 1.165) is 0 Å². The maximum atomic E-state index is 6.08. The number of ether oxygens (including phenoxy) is 2. The van der Waals surface area contributed by atoms with Crippen molar-refractivity contribution in [1.29, 1.82) is 0 Å². The Labute approximate surface area is 125 Å². The van der Waals surface area contributed by atoms with E-state index in [1.165, 1.54) is 0 Å². The Kier molecular flexibility index (Phi) is 5.10. The van der Waals surface area contributed by atoms with Gasteiger partial charge in [0, 0.05) is 0 Å². The highest BCUT2D eigenvalue weighted by Gasteiger charge is 2.32. The van der Waals surface area contributed by atoms with Gasteiger partial charge in [-0.3, -0.25) is 11.5 Å². The van der Waals surface area contributed by atoms with Crippen molar-refractivity contribution in [1.82, 2.24) is 0 Å². The van der Waals surface area contributed by atoms with Crippen molar-refractivity contribution in [3.05, 3.63) is 48.6 Å². The zero-order valence-electron chi connectivity index (χ0n) is 12.0. The summed E-state index contributed by atoms with van der Waals surface area (Å²) in [6.07, 6.45) is 15.1. The number of nitrogens with two attached hydrogens (primary N) is 4. The molecule has 21 heavy (non-hydrogen) atoms. The molecule has 0 aromatic rings. The Balaban J connectivity index is 1.71. The fourth-order valence-electron chi connectivity index (χ4n) is 2.15. The second-order valence-electron chi connectivity index (χ2n) is 5.30. The molecule has 0 aromatic carbocycles. The van der Waals surface area contributed by atoms with Crippen LogP contribution in [0.15, 0.2) is 48.6 Å². The Morgan fingerprint density at radius 3 is 1.57 bits per heavy atom. The number of hydrogen-bond acceptors (Lipinski definition) is 6. The van der Waals surface area contributed by atoms with Gasteiger partial charge in [0.15, 0.2) is 11.4 Å². The second-order valence-corrected chi connectivity index (χ2v) is 5.30. The third-order valence-corrected chi connectivity index (χ3v) is 3.61. The molecule has 0 fully saturated rings. The standard InChI is InChI=1S/C15H24N4O2/c16-12-6-1-3-8-14(12,18)20-10-5-11-21-15(19)9-4-2-7-13(15)17/h1-4,6-9,12-13H,5,10-11,16-19H2. The van der Waals surface area contributed by atoms with E-state index in [2.05, 4.69) is 0 Å². The molecule has 2 rings (SSSR count). The van der Waals surface area contributed by atoms with E-state index >= 15 is 0 Å². The molecule has 4 atom stereocenters. The molecule has 0 spiro atoms. The molecular weight excluding hydrogens is 268 g/mol. The van der Waals surface area contributed by atoms with Gasteiger partial charge in [-0.1, -0.05) is 36.5 Å². The summed E-state index contributed by atoms with van der Waals surface area (Å²) in [5.41, 5.74) is 22.1. The summed E-state index contributed by atoms with van der Waals surface area (Å²) in [4.78, 5) is 0. The Morgan fingerprint density at radius 1 is 0.762 bits per heavy atom. The van der Waals surface area contributed by atoms with Crippen LogP contribution >= 0.6 is 0 Å². The molecule has 0 radical (unpaired) electrons. The normalized spacial score (nSPS) is 38.1. The van der Waals surface area contributed by atoms with Crippen LogP contribution in [0.3, 0.4) is 0 Å². The monoisotopic (exact) mass is 292 g/mol.